The van der Waals surface area contributed by atoms with Gasteiger partial charge in [-0.2, -0.15) is 13.2 Å². The van der Waals surface area contributed by atoms with E-state index in [2.05, 4.69) is 16.6 Å². The van der Waals surface area contributed by atoms with E-state index in [-0.39, 0.29) is 28.3 Å². The molecule has 0 fully saturated rings. The van der Waals surface area contributed by atoms with Crippen LogP contribution in [0.15, 0.2) is 66.1 Å². The Labute approximate surface area is 171 Å². The van der Waals surface area contributed by atoms with Crippen molar-refractivity contribution in [2.45, 2.75) is 11.1 Å². The highest BCUT2D eigenvalue weighted by molar-refractivity contribution is 7.92. The fourth-order valence-electron chi connectivity index (χ4n) is 2.32. The Kier molecular flexibility index (Phi) is 7.22. The number of rotatable bonds is 8. The lowest BCUT2D eigenvalue weighted by Gasteiger charge is -2.13. The van der Waals surface area contributed by atoms with Gasteiger partial charge < -0.3 is 10.6 Å². The second-order valence-corrected chi connectivity index (χ2v) is 7.66. The first-order valence-electron chi connectivity index (χ1n) is 8.49. The molecule has 30 heavy (non-hydrogen) atoms. The van der Waals surface area contributed by atoms with E-state index in [1.807, 2.05) is 0 Å². The van der Waals surface area contributed by atoms with Crippen molar-refractivity contribution in [3.8, 4) is 0 Å². The second kappa shape index (κ2) is 9.44. The Morgan fingerprint density at radius 1 is 1.00 bits per heavy atom. The molecular formula is C19H18F3N3O4S. The molecule has 0 heterocycles. The van der Waals surface area contributed by atoms with Crippen LogP contribution in [-0.4, -0.2) is 39.5 Å². The van der Waals surface area contributed by atoms with Crippen LogP contribution in [0.2, 0.25) is 0 Å². The van der Waals surface area contributed by atoms with Crippen LogP contribution in [0.4, 0.5) is 18.9 Å². The highest BCUT2D eigenvalue weighted by Gasteiger charge is 2.28. The molecule has 0 spiro atoms. The van der Waals surface area contributed by atoms with E-state index in [0.29, 0.717) is 0 Å². The maximum atomic E-state index is 12.7. The van der Waals surface area contributed by atoms with Crippen molar-refractivity contribution >= 4 is 27.5 Å². The Bertz CT molecular complexity index is 1050. The van der Waals surface area contributed by atoms with Gasteiger partial charge in [-0.05, 0) is 30.3 Å². The predicted molar refractivity (Wildman–Crippen MR) is 105 cm³/mol. The molecule has 11 heteroatoms. The van der Waals surface area contributed by atoms with Crippen LogP contribution in [0.5, 0.6) is 0 Å². The number of anilines is 1. The molecule has 0 unspecified atom stereocenters. The van der Waals surface area contributed by atoms with Gasteiger partial charge in [-0.15, -0.1) is 6.58 Å². The molecular weight excluding hydrogens is 423 g/mol. The third kappa shape index (κ3) is 6.34. The monoisotopic (exact) mass is 441 g/mol. The van der Waals surface area contributed by atoms with Gasteiger partial charge in [0.1, 0.15) is 6.54 Å². The van der Waals surface area contributed by atoms with Crippen LogP contribution in [0, 0.1) is 0 Å². The minimum Gasteiger partial charge on any atom is -0.349 e. The molecule has 3 N–H and O–H groups in total. The molecule has 2 aromatic carbocycles. The predicted octanol–water partition coefficient (Wildman–Crippen LogP) is 2.70. The number of halogens is 3. The third-order valence-electron chi connectivity index (χ3n) is 3.68. The standard InChI is InChI=1S/C19H18F3N3O4S/c1-2-10-23-18(27)15-8-3-4-9-16(15)25-30(28,29)14-7-5-6-13(11-14)17(26)24-12-19(20,21)22/h2-9,11,25H,1,10,12H2,(H,23,27)(H,24,26). The van der Waals surface area contributed by atoms with E-state index in [1.165, 1.54) is 42.5 Å². The Morgan fingerprint density at radius 3 is 2.37 bits per heavy atom. The van der Waals surface area contributed by atoms with Gasteiger partial charge in [0.2, 0.25) is 0 Å². The molecule has 2 rings (SSSR count). The Morgan fingerprint density at radius 2 is 1.70 bits per heavy atom. The summed E-state index contributed by atoms with van der Waals surface area (Å²) in [6.07, 6.45) is -3.14. The number of amides is 2. The number of carbonyl (C=O) groups excluding carboxylic acids is 2. The van der Waals surface area contributed by atoms with Crippen molar-refractivity contribution in [2.24, 2.45) is 0 Å². The molecule has 0 bridgehead atoms. The average molecular weight is 441 g/mol. The average Bonchev–Trinajstić information content (AvgIpc) is 2.70. The fourth-order valence-corrected chi connectivity index (χ4v) is 3.45. The van der Waals surface area contributed by atoms with Crippen molar-refractivity contribution in [1.82, 2.24) is 10.6 Å². The zero-order valence-electron chi connectivity index (χ0n) is 15.5. The summed E-state index contributed by atoms with van der Waals surface area (Å²) in [5.74, 6) is -1.61. The van der Waals surface area contributed by atoms with Gasteiger partial charge >= 0.3 is 6.18 Å². The molecule has 0 aliphatic carbocycles. The third-order valence-corrected chi connectivity index (χ3v) is 5.04. The first-order valence-corrected chi connectivity index (χ1v) is 9.98. The van der Waals surface area contributed by atoms with Crippen molar-refractivity contribution in [2.75, 3.05) is 17.8 Å². The van der Waals surface area contributed by atoms with Gasteiger partial charge in [0.05, 0.1) is 16.1 Å². The number of hydrogen-bond donors (Lipinski definition) is 3. The molecule has 160 valence electrons. The Balaban J connectivity index is 2.26. The number of alkyl halides is 3. The number of carbonyl (C=O) groups is 2. The van der Waals surface area contributed by atoms with Gasteiger partial charge in [-0.1, -0.05) is 24.3 Å². The summed E-state index contributed by atoms with van der Waals surface area (Å²) in [6, 6.07) is 10.4. The molecule has 0 aliphatic rings. The maximum absolute atomic E-state index is 12.7. The lowest BCUT2D eigenvalue weighted by atomic mass is 10.1. The summed E-state index contributed by atoms with van der Waals surface area (Å²) in [7, 11) is -4.24. The molecule has 2 amide bonds. The molecule has 7 nitrogen and oxygen atoms in total. The van der Waals surface area contributed by atoms with Crippen LogP contribution in [-0.2, 0) is 10.0 Å². The molecule has 0 saturated heterocycles. The quantitative estimate of drug-likeness (QED) is 0.548. The summed E-state index contributed by atoms with van der Waals surface area (Å²) < 4.78 is 64.5. The smallest absolute Gasteiger partial charge is 0.349 e. The van der Waals surface area contributed by atoms with Crippen LogP contribution < -0.4 is 15.4 Å². The molecule has 0 saturated carbocycles. The second-order valence-electron chi connectivity index (χ2n) is 5.98. The molecule has 0 aromatic heterocycles. The molecule has 0 radical (unpaired) electrons. The largest absolute Gasteiger partial charge is 0.405 e. The SMILES string of the molecule is C=CCNC(=O)c1ccccc1NS(=O)(=O)c1cccc(C(=O)NCC(F)(F)F)c1. The zero-order valence-corrected chi connectivity index (χ0v) is 16.3. The highest BCUT2D eigenvalue weighted by Crippen LogP contribution is 2.21. The minimum absolute atomic E-state index is 0.00834. The van der Waals surface area contributed by atoms with Crippen molar-refractivity contribution < 1.29 is 31.2 Å². The number of benzene rings is 2. The lowest BCUT2D eigenvalue weighted by Crippen LogP contribution is -2.33. The number of para-hydroxylation sites is 1. The van der Waals surface area contributed by atoms with Crippen LogP contribution in [0.3, 0.4) is 0 Å². The summed E-state index contributed by atoms with van der Waals surface area (Å²) in [5.41, 5.74) is -0.216. The van der Waals surface area contributed by atoms with E-state index < -0.39 is 34.6 Å². The summed E-state index contributed by atoms with van der Waals surface area (Å²) >= 11 is 0. The number of sulfonamides is 1. The summed E-state index contributed by atoms with van der Waals surface area (Å²) in [4.78, 5) is 23.7. The van der Waals surface area contributed by atoms with E-state index in [4.69, 9.17) is 0 Å². The normalized spacial score (nSPS) is 11.4. The summed E-state index contributed by atoms with van der Waals surface area (Å²) in [5, 5.41) is 4.20. The first-order chi connectivity index (χ1) is 14.0. The van der Waals surface area contributed by atoms with Crippen molar-refractivity contribution in [1.29, 1.82) is 0 Å². The van der Waals surface area contributed by atoms with Crippen LogP contribution in [0.25, 0.3) is 0 Å². The van der Waals surface area contributed by atoms with E-state index in [0.717, 1.165) is 6.07 Å². The van der Waals surface area contributed by atoms with Crippen molar-refractivity contribution in [3.63, 3.8) is 0 Å². The fraction of sp³-hybridized carbons (Fsp3) is 0.158. The van der Waals surface area contributed by atoms with Gasteiger partial charge in [0, 0.05) is 12.1 Å². The minimum atomic E-state index is -4.60. The highest BCUT2D eigenvalue weighted by atomic mass is 32.2. The van der Waals surface area contributed by atoms with E-state index in [9.17, 15) is 31.2 Å². The molecule has 2 aromatic rings. The van der Waals surface area contributed by atoms with E-state index in [1.54, 1.807) is 11.4 Å². The van der Waals surface area contributed by atoms with Gasteiger partial charge in [-0.3, -0.25) is 14.3 Å². The van der Waals surface area contributed by atoms with Gasteiger partial charge in [-0.25, -0.2) is 8.42 Å². The van der Waals surface area contributed by atoms with Crippen LogP contribution >= 0.6 is 0 Å². The molecule has 0 atom stereocenters. The topological polar surface area (TPSA) is 104 Å². The Hall–Kier alpha value is -3.34. The number of hydrogen-bond acceptors (Lipinski definition) is 4. The number of nitrogens with one attached hydrogen (secondary N) is 3. The lowest BCUT2D eigenvalue weighted by molar-refractivity contribution is -0.123. The molecule has 0 aliphatic heterocycles. The maximum Gasteiger partial charge on any atom is 0.405 e. The van der Waals surface area contributed by atoms with Crippen molar-refractivity contribution in [3.05, 3.63) is 72.3 Å². The zero-order chi connectivity index (χ0) is 22.4. The van der Waals surface area contributed by atoms with Gasteiger partial charge in [0.25, 0.3) is 21.8 Å². The van der Waals surface area contributed by atoms with Gasteiger partial charge in [0.15, 0.2) is 0 Å². The van der Waals surface area contributed by atoms with Crippen LogP contribution in [0.1, 0.15) is 20.7 Å². The van der Waals surface area contributed by atoms with E-state index >= 15 is 0 Å². The first kappa shape index (κ1) is 22.9. The summed E-state index contributed by atoms with van der Waals surface area (Å²) in [6.45, 7) is 2.10.